The van der Waals surface area contributed by atoms with Gasteiger partial charge in [-0.3, -0.25) is 4.79 Å². The molecule has 9 heteroatoms. The lowest BCUT2D eigenvalue weighted by Crippen LogP contribution is -2.22. The molecule has 33 heavy (non-hydrogen) atoms. The highest BCUT2D eigenvalue weighted by atomic mass is 32.2. The van der Waals surface area contributed by atoms with E-state index in [1.165, 1.54) is 0 Å². The molecule has 164 valence electrons. The Morgan fingerprint density at radius 1 is 1.15 bits per heavy atom. The fraction of sp³-hybridized carbons (Fsp3) is 0.167. The predicted octanol–water partition coefficient (Wildman–Crippen LogP) is 3.84. The lowest BCUT2D eigenvalue weighted by atomic mass is 10.0. The average Bonchev–Trinajstić information content (AvgIpc) is 3.39. The zero-order valence-corrected chi connectivity index (χ0v) is 18.7. The number of carbonyl (C=O) groups excluding carboxylic acids is 1. The Kier molecular flexibility index (Phi) is 4.76. The summed E-state index contributed by atoms with van der Waals surface area (Å²) in [5.41, 5.74) is 4.57. The van der Waals surface area contributed by atoms with Crippen molar-refractivity contribution in [3.8, 4) is 17.3 Å². The van der Waals surface area contributed by atoms with E-state index in [0.717, 1.165) is 0 Å². The Hall–Kier alpha value is -4.03. The normalized spacial score (nSPS) is 13.5. The van der Waals surface area contributed by atoms with Crippen LogP contribution in [0.2, 0.25) is 0 Å². The smallest absolute Gasteiger partial charge is 0.259 e. The molecule has 0 aliphatic carbocycles. The second-order valence-corrected chi connectivity index (χ2v) is 10.6. The first-order chi connectivity index (χ1) is 15.8. The summed E-state index contributed by atoms with van der Waals surface area (Å²) in [5, 5.41) is 8.88. The molecule has 1 aliphatic rings. The number of amides is 1. The highest BCUT2D eigenvalue weighted by Crippen LogP contribution is 2.34. The maximum absolute atomic E-state index is 13.0. The number of anilines is 1. The molecule has 0 atom stereocenters. The molecule has 0 saturated heterocycles. The van der Waals surface area contributed by atoms with Crippen LogP contribution in [-0.4, -0.2) is 34.5 Å². The molecule has 0 radical (unpaired) electrons. The third-order valence-corrected chi connectivity index (χ3v) is 8.01. The molecule has 1 aliphatic heterocycles. The maximum atomic E-state index is 13.0. The Balaban J connectivity index is 1.53. The SMILES string of the molecule is CC(C)S(=O)(=O)c1ccc(-c2cnc3[nH]cc(N4Cc5c(C#N)cccc5C4=O)c3n2)cc1. The summed E-state index contributed by atoms with van der Waals surface area (Å²) in [6.45, 7) is 3.57. The topological polar surface area (TPSA) is 120 Å². The third-order valence-electron chi connectivity index (χ3n) is 5.84. The van der Waals surface area contributed by atoms with Crippen LogP contribution in [0.5, 0.6) is 0 Å². The van der Waals surface area contributed by atoms with Gasteiger partial charge in [0.15, 0.2) is 15.5 Å². The van der Waals surface area contributed by atoms with Crippen molar-refractivity contribution >= 4 is 32.6 Å². The van der Waals surface area contributed by atoms with Gasteiger partial charge in [-0.1, -0.05) is 18.2 Å². The van der Waals surface area contributed by atoms with E-state index >= 15 is 0 Å². The van der Waals surface area contributed by atoms with Gasteiger partial charge in [0.25, 0.3) is 5.91 Å². The van der Waals surface area contributed by atoms with Gasteiger partial charge >= 0.3 is 0 Å². The van der Waals surface area contributed by atoms with E-state index in [2.05, 4.69) is 16.0 Å². The van der Waals surface area contributed by atoms with Gasteiger partial charge in [-0.2, -0.15) is 5.26 Å². The van der Waals surface area contributed by atoms with E-state index in [1.54, 1.807) is 73.6 Å². The molecule has 0 fully saturated rings. The summed E-state index contributed by atoms with van der Waals surface area (Å²) < 4.78 is 24.8. The molecule has 0 saturated carbocycles. The van der Waals surface area contributed by atoms with Crippen molar-refractivity contribution in [1.82, 2.24) is 15.0 Å². The van der Waals surface area contributed by atoms with Crippen molar-refractivity contribution in [2.24, 2.45) is 0 Å². The lowest BCUT2D eigenvalue weighted by molar-refractivity contribution is 0.0997. The molecule has 8 nitrogen and oxygen atoms in total. The van der Waals surface area contributed by atoms with Crippen molar-refractivity contribution in [3.63, 3.8) is 0 Å². The quantitative estimate of drug-likeness (QED) is 0.497. The first kappa shape index (κ1) is 20.8. The number of aromatic amines is 1. The molecule has 0 unspecified atom stereocenters. The highest BCUT2D eigenvalue weighted by Gasteiger charge is 2.32. The second kappa shape index (κ2) is 7.53. The summed E-state index contributed by atoms with van der Waals surface area (Å²) in [7, 11) is -3.37. The van der Waals surface area contributed by atoms with Crippen LogP contribution in [0.15, 0.2) is 59.8 Å². The van der Waals surface area contributed by atoms with E-state index in [1.807, 2.05) is 0 Å². The molecule has 0 spiro atoms. The summed E-state index contributed by atoms with van der Waals surface area (Å²) in [6, 6.07) is 13.8. The van der Waals surface area contributed by atoms with Gasteiger partial charge in [0.1, 0.15) is 5.52 Å². The van der Waals surface area contributed by atoms with Crippen LogP contribution in [0, 0.1) is 11.3 Å². The molecule has 2 aromatic heterocycles. The standard InChI is InChI=1S/C24H19N5O3S/c1-14(2)33(31,32)17-8-6-15(7-9-17)20-11-26-23-22(28-20)21(12-27-23)29-13-19-16(10-25)4-3-5-18(19)24(29)30/h3-9,11-12,14H,13H2,1-2H3,(H,26,27). The van der Waals surface area contributed by atoms with Crippen LogP contribution in [0.4, 0.5) is 5.69 Å². The minimum absolute atomic E-state index is 0.196. The highest BCUT2D eigenvalue weighted by molar-refractivity contribution is 7.92. The third kappa shape index (κ3) is 3.27. The number of H-pyrrole nitrogens is 1. The Morgan fingerprint density at radius 2 is 1.91 bits per heavy atom. The Labute approximate surface area is 190 Å². The number of hydrogen-bond acceptors (Lipinski definition) is 6. The monoisotopic (exact) mass is 457 g/mol. The molecule has 1 amide bonds. The van der Waals surface area contributed by atoms with Gasteiger partial charge in [-0.15, -0.1) is 0 Å². The van der Waals surface area contributed by atoms with Crippen LogP contribution in [-0.2, 0) is 16.4 Å². The number of nitrogens with one attached hydrogen (secondary N) is 1. The second-order valence-electron chi connectivity index (χ2n) is 8.08. The van der Waals surface area contributed by atoms with E-state index in [-0.39, 0.29) is 17.3 Å². The summed E-state index contributed by atoms with van der Waals surface area (Å²) in [4.78, 5) is 27.1. The number of carbonyl (C=O) groups is 1. The molecular formula is C24H19N5O3S. The lowest BCUT2D eigenvalue weighted by Gasteiger charge is -2.14. The number of nitriles is 1. The molecular weight excluding hydrogens is 438 g/mol. The average molecular weight is 458 g/mol. The Morgan fingerprint density at radius 3 is 2.61 bits per heavy atom. The largest absolute Gasteiger partial charge is 0.343 e. The first-order valence-corrected chi connectivity index (χ1v) is 11.9. The van der Waals surface area contributed by atoms with Gasteiger partial charge in [-0.25, -0.2) is 18.4 Å². The maximum Gasteiger partial charge on any atom is 0.259 e. The van der Waals surface area contributed by atoms with Gasteiger partial charge in [0, 0.05) is 22.9 Å². The Bertz CT molecular complexity index is 1560. The van der Waals surface area contributed by atoms with Crippen LogP contribution in [0.25, 0.3) is 22.4 Å². The molecule has 3 heterocycles. The molecule has 1 N–H and O–H groups in total. The predicted molar refractivity (Wildman–Crippen MR) is 123 cm³/mol. The van der Waals surface area contributed by atoms with Gasteiger partial charge in [-0.05, 0) is 38.1 Å². The molecule has 0 bridgehead atoms. The fourth-order valence-electron chi connectivity index (χ4n) is 3.94. The number of rotatable bonds is 4. The molecule has 5 rings (SSSR count). The fourth-order valence-corrected chi connectivity index (χ4v) is 5.00. The zero-order chi connectivity index (χ0) is 23.3. The van der Waals surface area contributed by atoms with Gasteiger partial charge in [0.05, 0.1) is 45.9 Å². The number of sulfone groups is 1. The number of benzene rings is 2. The van der Waals surface area contributed by atoms with Crippen molar-refractivity contribution in [1.29, 1.82) is 5.26 Å². The van der Waals surface area contributed by atoms with Gasteiger partial charge < -0.3 is 9.88 Å². The molecule has 2 aromatic carbocycles. The van der Waals surface area contributed by atoms with Crippen molar-refractivity contribution in [3.05, 3.63) is 71.5 Å². The van der Waals surface area contributed by atoms with Gasteiger partial charge in [0.2, 0.25) is 0 Å². The van der Waals surface area contributed by atoms with Crippen LogP contribution >= 0.6 is 0 Å². The first-order valence-electron chi connectivity index (χ1n) is 10.3. The number of fused-ring (bicyclic) bond motifs is 2. The van der Waals surface area contributed by atoms with Crippen molar-refractivity contribution in [2.75, 3.05) is 4.90 Å². The summed E-state index contributed by atoms with van der Waals surface area (Å²) in [5.74, 6) is -0.196. The van der Waals surface area contributed by atoms with E-state index < -0.39 is 15.1 Å². The van der Waals surface area contributed by atoms with Crippen molar-refractivity contribution < 1.29 is 13.2 Å². The molecule has 4 aromatic rings. The number of aromatic nitrogens is 3. The number of nitrogens with zero attached hydrogens (tertiary/aromatic N) is 4. The number of hydrogen-bond donors (Lipinski definition) is 1. The van der Waals surface area contributed by atoms with Crippen LogP contribution in [0.3, 0.4) is 0 Å². The zero-order valence-electron chi connectivity index (χ0n) is 17.9. The van der Waals surface area contributed by atoms with E-state index in [9.17, 15) is 18.5 Å². The minimum atomic E-state index is -3.37. The van der Waals surface area contributed by atoms with Crippen molar-refractivity contribution in [2.45, 2.75) is 30.5 Å². The minimum Gasteiger partial charge on any atom is -0.343 e. The summed E-state index contributed by atoms with van der Waals surface area (Å²) >= 11 is 0. The van der Waals surface area contributed by atoms with Crippen LogP contribution in [0.1, 0.15) is 35.3 Å². The van der Waals surface area contributed by atoms with E-state index in [4.69, 9.17) is 4.98 Å². The summed E-state index contributed by atoms with van der Waals surface area (Å²) in [6.07, 6.45) is 3.28. The van der Waals surface area contributed by atoms with Crippen LogP contribution < -0.4 is 4.90 Å². The van der Waals surface area contributed by atoms with E-state index in [0.29, 0.717) is 44.8 Å².